The average molecular weight is 415 g/mol. The molecule has 4 rings (SSSR count). The van der Waals surface area contributed by atoms with Crippen LogP contribution in [0, 0.1) is 0 Å². The maximum Gasteiger partial charge on any atom is 0.262 e. The summed E-state index contributed by atoms with van der Waals surface area (Å²) in [6, 6.07) is 8.65. The van der Waals surface area contributed by atoms with Crippen LogP contribution in [0.3, 0.4) is 0 Å². The Morgan fingerprint density at radius 1 is 1.25 bits per heavy atom. The molecule has 0 amide bonds. The van der Waals surface area contributed by atoms with Crippen LogP contribution in [0.15, 0.2) is 56.7 Å². The first-order valence-electron chi connectivity index (χ1n) is 8.67. The summed E-state index contributed by atoms with van der Waals surface area (Å²) in [5.41, 5.74) is 1.10. The summed E-state index contributed by atoms with van der Waals surface area (Å²) in [7, 11) is 1.61. The van der Waals surface area contributed by atoms with Gasteiger partial charge in [0.15, 0.2) is 10.1 Å². The third-order valence-corrected chi connectivity index (χ3v) is 6.07. The Hall–Kier alpha value is -2.49. The number of hydrogen-bond donors (Lipinski definition) is 0. The van der Waals surface area contributed by atoms with Crippen molar-refractivity contribution in [2.75, 3.05) is 13.7 Å². The van der Waals surface area contributed by atoms with E-state index in [9.17, 15) is 9.59 Å². The van der Waals surface area contributed by atoms with Crippen LogP contribution in [0.4, 0.5) is 0 Å². The number of ether oxygens (including phenoxy) is 1. The van der Waals surface area contributed by atoms with E-state index in [1.165, 1.54) is 33.6 Å². The molecule has 3 aromatic heterocycles. The van der Waals surface area contributed by atoms with Crippen molar-refractivity contribution in [2.24, 2.45) is 0 Å². The number of aromatic nitrogens is 4. The van der Waals surface area contributed by atoms with E-state index < -0.39 is 0 Å². The van der Waals surface area contributed by atoms with E-state index in [-0.39, 0.29) is 17.2 Å². The van der Waals surface area contributed by atoms with Crippen LogP contribution in [-0.2, 0) is 10.5 Å². The molecule has 0 saturated heterocycles. The highest BCUT2D eigenvalue weighted by Crippen LogP contribution is 2.24. The summed E-state index contributed by atoms with van der Waals surface area (Å²) in [6.45, 7) is 2.32. The Balaban J connectivity index is 1.74. The van der Waals surface area contributed by atoms with Crippen molar-refractivity contribution in [2.45, 2.75) is 23.9 Å². The minimum absolute atomic E-state index is 0.0978. The van der Waals surface area contributed by atoms with Gasteiger partial charge in [-0.25, -0.2) is 9.97 Å². The molecule has 144 valence electrons. The van der Waals surface area contributed by atoms with E-state index in [1.54, 1.807) is 23.9 Å². The molecule has 0 aliphatic heterocycles. The van der Waals surface area contributed by atoms with Gasteiger partial charge in [0, 0.05) is 30.5 Å². The second-order valence-electron chi connectivity index (χ2n) is 6.32. The zero-order valence-electron chi connectivity index (χ0n) is 15.4. The second-order valence-corrected chi connectivity index (χ2v) is 8.14. The summed E-state index contributed by atoms with van der Waals surface area (Å²) in [5.74, 6) is 0.439. The summed E-state index contributed by atoms with van der Waals surface area (Å²) in [4.78, 5) is 35.1. The lowest BCUT2D eigenvalue weighted by atomic mass is 10.2. The molecule has 0 saturated carbocycles. The molecule has 3 heterocycles. The number of rotatable bonds is 6. The first-order chi connectivity index (χ1) is 13.6. The van der Waals surface area contributed by atoms with Crippen molar-refractivity contribution in [3.8, 4) is 0 Å². The van der Waals surface area contributed by atoms with Crippen LogP contribution >= 0.6 is 23.1 Å². The van der Waals surface area contributed by atoms with Gasteiger partial charge >= 0.3 is 0 Å². The zero-order valence-corrected chi connectivity index (χ0v) is 17.0. The van der Waals surface area contributed by atoms with E-state index >= 15 is 0 Å². The van der Waals surface area contributed by atoms with Crippen LogP contribution in [0.1, 0.15) is 18.7 Å². The minimum atomic E-state index is -0.171. The number of para-hydroxylation sites is 1. The summed E-state index contributed by atoms with van der Waals surface area (Å²) >= 11 is 2.80. The van der Waals surface area contributed by atoms with E-state index in [1.807, 2.05) is 30.5 Å². The number of fused-ring (bicyclic) bond motifs is 2. The fourth-order valence-electron chi connectivity index (χ4n) is 3.03. The third kappa shape index (κ3) is 3.48. The van der Waals surface area contributed by atoms with E-state index in [4.69, 9.17) is 9.72 Å². The molecule has 0 bridgehead atoms. The van der Waals surface area contributed by atoms with Gasteiger partial charge in [0.1, 0.15) is 0 Å². The van der Waals surface area contributed by atoms with E-state index in [2.05, 4.69) is 4.98 Å². The highest BCUT2D eigenvalue weighted by molar-refractivity contribution is 7.98. The standard InChI is InChI=1S/C19H18N4O3S2/c1-12(10-26-2)23-17(25)14-5-3-4-6-15(14)21-19(23)28-11-13-9-16(24)22-7-8-27-18(22)20-13/h3-9,12H,10-11H2,1-2H3. The number of nitrogens with zero attached hydrogens (tertiary/aromatic N) is 4. The van der Waals surface area contributed by atoms with E-state index in [0.717, 1.165) is 0 Å². The molecule has 7 nitrogen and oxygen atoms in total. The molecular weight excluding hydrogens is 396 g/mol. The van der Waals surface area contributed by atoms with Crippen LogP contribution in [0.25, 0.3) is 15.9 Å². The molecule has 0 spiro atoms. The van der Waals surface area contributed by atoms with Gasteiger partial charge < -0.3 is 4.74 Å². The van der Waals surface area contributed by atoms with Crippen molar-refractivity contribution in [3.05, 3.63) is 68.3 Å². The molecule has 4 aromatic rings. The third-order valence-electron chi connectivity index (χ3n) is 4.33. The highest BCUT2D eigenvalue weighted by Gasteiger charge is 2.17. The molecule has 0 N–H and O–H groups in total. The number of benzene rings is 1. The zero-order chi connectivity index (χ0) is 19.7. The summed E-state index contributed by atoms with van der Waals surface area (Å²) < 4.78 is 8.42. The Morgan fingerprint density at radius 2 is 2.07 bits per heavy atom. The average Bonchev–Trinajstić information content (AvgIpc) is 3.16. The molecule has 0 radical (unpaired) electrons. The van der Waals surface area contributed by atoms with Gasteiger partial charge in [0.25, 0.3) is 11.1 Å². The van der Waals surface area contributed by atoms with Crippen LogP contribution < -0.4 is 11.1 Å². The Labute approximate surface area is 168 Å². The minimum Gasteiger partial charge on any atom is -0.383 e. The van der Waals surface area contributed by atoms with Gasteiger partial charge in [-0.15, -0.1) is 11.3 Å². The SMILES string of the molecule is COCC(C)n1c(SCc2cc(=O)n3ccsc3n2)nc2ccccc2c1=O. The van der Waals surface area contributed by atoms with Crippen molar-refractivity contribution < 1.29 is 4.74 Å². The lowest BCUT2D eigenvalue weighted by Gasteiger charge is -2.18. The van der Waals surface area contributed by atoms with Crippen LogP contribution in [0.2, 0.25) is 0 Å². The summed E-state index contributed by atoms with van der Waals surface area (Å²) in [6.07, 6.45) is 1.71. The number of thiazole rings is 1. The van der Waals surface area contributed by atoms with Gasteiger partial charge in [-0.05, 0) is 19.1 Å². The van der Waals surface area contributed by atoms with Gasteiger partial charge in [0.2, 0.25) is 0 Å². The lowest BCUT2D eigenvalue weighted by Crippen LogP contribution is -2.28. The molecule has 1 unspecified atom stereocenters. The molecule has 9 heteroatoms. The van der Waals surface area contributed by atoms with Gasteiger partial charge in [0.05, 0.1) is 29.2 Å². The summed E-state index contributed by atoms with van der Waals surface area (Å²) in [5, 5.41) is 2.99. The first kappa shape index (κ1) is 18.9. The Bertz CT molecular complexity index is 1260. The fourth-order valence-corrected chi connectivity index (χ4v) is 4.76. The van der Waals surface area contributed by atoms with Crippen molar-refractivity contribution in [3.63, 3.8) is 0 Å². The number of thioether (sulfide) groups is 1. The molecule has 0 fully saturated rings. The first-order valence-corrected chi connectivity index (χ1v) is 10.5. The normalized spacial score (nSPS) is 12.6. The van der Waals surface area contributed by atoms with Crippen molar-refractivity contribution >= 4 is 39.0 Å². The molecular formula is C19H18N4O3S2. The largest absolute Gasteiger partial charge is 0.383 e. The topological polar surface area (TPSA) is 78.5 Å². The highest BCUT2D eigenvalue weighted by atomic mass is 32.2. The second kappa shape index (κ2) is 7.86. The lowest BCUT2D eigenvalue weighted by molar-refractivity contribution is 0.156. The maximum atomic E-state index is 13.1. The van der Waals surface area contributed by atoms with Gasteiger partial charge in [-0.2, -0.15) is 0 Å². The van der Waals surface area contributed by atoms with Gasteiger partial charge in [-0.1, -0.05) is 23.9 Å². The Morgan fingerprint density at radius 3 is 2.89 bits per heavy atom. The molecule has 1 aromatic carbocycles. The van der Waals surface area contributed by atoms with Crippen molar-refractivity contribution in [1.29, 1.82) is 0 Å². The fraction of sp³-hybridized carbons (Fsp3) is 0.263. The van der Waals surface area contributed by atoms with E-state index in [0.29, 0.717) is 39.1 Å². The van der Waals surface area contributed by atoms with Crippen molar-refractivity contribution in [1.82, 2.24) is 18.9 Å². The van der Waals surface area contributed by atoms with Crippen LogP contribution in [0.5, 0.6) is 0 Å². The molecule has 0 aliphatic rings. The smallest absolute Gasteiger partial charge is 0.262 e. The van der Waals surface area contributed by atoms with Gasteiger partial charge in [-0.3, -0.25) is 18.6 Å². The number of methoxy groups -OCH3 is 1. The molecule has 1 atom stereocenters. The quantitative estimate of drug-likeness (QED) is 0.357. The van der Waals surface area contributed by atoms with Crippen LogP contribution in [-0.4, -0.2) is 32.7 Å². The number of hydrogen-bond acceptors (Lipinski definition) is 7. The maximum absolute atomic E-state index is 13.1. The monoisotopic (exact) mass is 414 g/mol. The molecule has 0 aliphatic carbocycles. The Kier molecular flexibility index (Phi) is 5.29. The predicted octanol–water partition coefficient (Wildman–Crippen LogP) is 2.97. The molecule has 28 heavy (non-hydrogen) atoms. The predicted molar refractivity (Wildman–Crippen MR) is 111 cm³/mol.